The molecule has 2 nitrogen and oxygen atoms in total. The standard InChI is InChI=1S/C4H3BrFNO/c5-4-7-2-3(1-6)8-4/h2H,1H2. The Kier molecular flexibility index (Phi) is 1.62. The molecule has 1 aromatic rings. The SMILES string of the molecule is FCc1cnc(Br)o1. The lowest BCUT2D eigenvalue weighted by Crippen LogP contribution is -1.65. The third-order valence-corrected chi connectivity index (χ3v) is 1.02. The summed E-state index contributed by atoms with van der Waals surface area (Å²) in [6, 6.07) is 0. The van der Waals surface area contributed by atoms with Crippen LogP contribution in [0.4, 0.5) is 4.39 Å². The fraction of sp³-hybridized carbons (Fsp3) is 0.250. The first-order valence-corrected chi connectivity index (χ1v) is 2.78. The third kappa shape index (κ3) is 1.06. The topological polar surface area (TPSA) is 26.0 Å². The van der Waals surface area contributed by atoms with E-state index in [-0.39, 0.29) is 5.76 Å². The summed E-state index contributed by atoms with van der Waals surface area (Å²) in [6.07, 6.45) is 1.34. The van der Waals surface area contributed by atoms with Crippen molar-refractivity contribution >= 4 is 15.9 Å². The van der Waals surface area contributed by atoms with Crippen molar-refractivity contribution in [1.82, 2.24) is 4.98 Å². The second-order valence-corrected chi connectivity index (χ2v) is 1.89. The number of rotatable bonds is 1. The molecular weight excluding hydrogens is 177 g/mol. The maximum atomic E-state index is 11.6. The van der Waals surface area contributed by atoms with E-state index in [4.69, 9.17) is 0 Å². The van der Waals surface area contributed by atoms with Crippen LogP contribution in [0.15, 0.2) is 15.4 Å². The molecule has 44 valence electrons. The molecule has 8 heavy (non-hydrogen) atoms. The van der Waals surface area contributed by atoms with E-state index < -0.39 is 6.67 Å². The molecule has 0 bridgehead atoms. The first kappa shape index (κ1) is 5.75. The Bertz CT molecular complexity index is 176. The van der Waals surface area contributed by atoms with E-state index in [1.54, 1.807) is 0 Å². The highest BCUT2D eigenvalue weighted by atomic mass is 79.9. The summed E-state index contributed by atoms with van der Waals surface area (Å²) in [5.41, 5.74) is 0. The Balaban J connectivity index is 2.84. The van der Waals surface area contributed by atoms with Gasteiger partial charge in [0.2, 0.25) is 0 Å². The van der Waals surface area contributed by atoms with E-state index in [2.05, 4.69) is 25.3 Å². The molecule has 0 radical (unpaired) electrons. The molecule has 1 heterocycles. The van der Waals surface area contributed by atoms with Gasteiger partial charge >= 0.3 is 0 Å². The summed E-state index contributed by atoms with van der Waals surface area (Å²) < 4.78 is 16.2. The number of alkyl halides is 1. The largest absolute Gasteiger partial charge is 0.433 e. The van der Waals surface area contributed by atoms with Gasteiger partial charge in [0, 0.05) is 15.9 Å². The van der Waals surface area contributed by atoms with E-state index in [0.29, 0.717) is 4.80 Å². The Morgan fingerprint density at radius 3 is 2.88 bits per heavy atom. The number of hydrogen-bond donors (Lipinski definition) is 0. The lowest BCUT2D eigenvalue weighted by atomic mass is 10.6. The van der Waals surface area contributed by atoms with Gasteiger partial charge in [0.15, 0.2) is 5.76 Å². The maximum absolute atomic E-state index is 11.6. The molecule has 0 saturated heterocycles. The summed E-state index contributed by atoms with van der Waals surface area (Å²) in [4.78, 5) is 3.92. The second kappa shape index (κ2) is 2.26. The number of aromatic nitrogens is 1. The molecule has 0 fully saturated rings. The van der Waals surface area contributed by atoms with Crippen LogP contribution in [0.25, 0.3) is 0 Å². The normalized spacial score (nSPS) is 9.75. The van der Waals surface area contributed by atoms with Gasteiger partial charge in [-0.1, -0.05) is 0 Å². The van der Waals surface area contributed by atoms with Gasteiger partial charge in [-0.15, -0.1) is 0 Å². The number of oxazole rings is 1. The molecule has 0 saturated carbocycles. The van der Waals surface area contributed by atoms with Crippen LogP contribution in [-0.4, -0.2) is 4.98 Å². The lowest BCUT2D eigenvalue weighted by Gasteiger charge is -1.77. The van der Waals surface area contributed by atoms with Crippen LogP contribution in [0, 0.1) is 0 Å². The van der Waals surface area contributed by atoms with Gasteiger partial charge in [-0.05, 0) is 0 Å². The predicted molar refractivity (Wildman–Crippen MR) is 29.0 cm³/mol. The first-order valence-electron chi connectivity index (χ1n) is 1.99. The Morgan fingerprint density at radius 1 is 1.88 bits per heavy atom. The van der Waals surface area contributed by atoms with E-state index in [1.165, 1.54) is 6.20 Å². The number of halogens is 2. The fourth-order valence-electron chi connectivity index (χ4n) is 0.345. The van der Waals surface area contributed by atoms with Gasteiger partial charge in [-0.3, -0.25) is 0 Å². The van der Waals surface area contributed by atoms with Gasteiger partial charge in [0.05, 0.1) is 6.20 Å². The van der Waals surface area contributed by atoms with Gasteiger partial charge in [0.25, 0.3) is 4.80 Å². The highest BCUT2D eigenvalue weighted by Gasteiger charge is 1.96. The van der Waals surface area contributed by atoms with E-state index in [9.17, 15) is 4.39 Å². The van der Waals surface area contributed by atoms with Gasteiger partial charge in [0.1, 0.15) is 6.67 Å². The molecule has 0 aliphatic heterocycles. The zero-order valence-electron chi connectivity index (χ0n) is 3.90. The van der Waals surface area contributed by atoms with Gasteiger partial charge < -0.3 is 4.42 Å². The molecule has 0 atom stereocenters. The molecule has 1 rings (SSSR count). The zero-order chi connectivity index (χ0) is 5.98. The van der Waals surface area contributed by atoms with E-state index >= 15 is 0 Å². The van der Waals surface area contributed by atoms with E-state index in [1.807, 2.05) is 0 Å². The van der Waals surface area contributed by atoms with E-state index in [0.717, 1.165) is 0 Å². The van der Waals surface area contributed by atoms with Crippen molar-refractivity contribution in [3.8, 4) is 0 Å². The van der Waals surface area contributed by atoms with Crippen molar-refractivity contribution in [1.29, 1.82) is 0 Å². The van der Waals surface area contributed by atoms with Crippen LogP contribution in [0.3, 0.4) is 0 Å². The Labute approximate surface area is 53.8 Å². The summed E-state index contributed by atoms with van der Waals surface area (Å²) >= 11 is 2.93. The predicted octanol–water partition coefficient (Wildman–Crippen LogP) is 1.91. The Morgan fingerprint density at radius 2 is 2.62 bits per heavy atom. The average Bonchev–Trinajstić information content (AvgIpc) is 2.14. The van der Waals surface area contributed by atoms with Gasteiger partial charge in [-0.25, -0.2) is 9.37 Å². The summed E-state index contributed by atoms with van der Waals surface area (Å²) in [5, 5.41) is 0. The quantitative estimate of drug-likeness (QED) is 0.659. The first-order chi connectivity index (χ1) is 3.83. The molecular formula is C4H3BrFNO. The van der Waals surface area contributed by atoms with Crippen molar-refractivity contribution in [3.05, 3.63) is 16.8 Å². The zero-order valence-corrected chi connectivity index (χ0v) is 5.48. The summed E-state index contributed by atoms with van der Waals surface area (Å²) in [5.74, 6) is 0.247. The summed E-state index contributed by atoms with van der Waals surface area (Å²) in [7, 11) is 0. The smallest absolute Gasteiger partial charge is 0.264 e. The minimum atomic E-state index is -0.599. The minimum absolute atomic E-state index is 0.247. The van der Waals surface area contributed by atoms with Gasteiger partial charge in [-0.2, -0.15) is 0 Å². The lowest BCUT2D eigenvalue weighted by molar-refractivity contribution is 0.383. The van der Waals surface area contributed by atoms with Crippen molar-refractivity contribution in [3.63, 3.8) is 0 Å². The van der Waals surface area contributed by atoms with Crippen LogP contribution in [0.5, 0.6) is 0 Å². The second-order valence-electron chi connectivity index (χ2n) is 1.21. The highest BCUT2D eigenvalue weighted by Crippen LogP contribution is 2.09. The van der Waals surface area contributed by atoms with Crippen LogP contribution in [-0.2, 0) is 6.67 Å². The maximum Gasteiger partial charge on any atom is 0.264 e. The van der Waals surface area contributed by atoms with Crippen molar-refractivity contribution in [2.45, 2.75) is 6.67 Å². The third-order valence-electron chi connectivity index (χ3n) is 0.657. The molecule has 0 aromatic carbocycles. The fourth-order valence-corrected chi connectivity index (χ4v) is 0.656. The monoisotopic (exact) mass is 179 g/mol. The Hall–Kier alpha value is -0.380. The molecule has 0 aliphatic carbocycles. The molecule has 0 unspecified atom stereocenters. The number of nitrogens with zero attached hydrogens (tertiary/aromatic N) is 1. The molecule has 0 N–H and O–H groups in total. The van der Waals surface area contributed by atoms with Crippen LogP contribution >= 0.6 is 15.9 Å². The number of hydrogen-bond acceptors (Lipinski definition) is 2. The van der Waals surface area contributed by atoms with Crippen molar-refractivity contribution in [2.75, 3.05) is 0 Å². The molecule has 1 aromatic heterocycles. The van der Waals surface area contributed by atoms with Crippen molar-refractivity contribution in [2.24, 2.45) is 0 Å². The van der Waals surface area contributed by atoms with Crippen LogP contribution in [0.1, 0.15) is 5.76 Å². The average molecular weight is 180 g/mol. The molecule has 4 heteroatoms. The van der Waals surface area contributed by atoms with Crippen LogP contribution in [0.2, 0.25) is 0 Å². The molecule has 0 amide bonds. The summed E-state index contributed by atoms with van der Waals surface area (Å²) in [6.45, 7) is -0.599. The molecule has 0 spiro atoms. The highest BCUT2D eigenvalue weighted by molar-refractivity contribution is 9.10. The minimum Gasteiger partial charge on any atom is -0.433 e. The van der Waals surface area contributed by atoms with Crippen molar-refractivity contribution < 1.29 is 8.81 Å². The van der Waals surface area contributed by atoms with Crippen LogP contribution < -0.4 is 0 Å². The molecule has 0 aliphatic rings.